The normalized spacial score (nSPS) is 20.2. The van der Waals surface area contributed by atoms with E-state index in [1.807, 2.05) is 6.92 Å². The molecule has 0 atom stereocenters. The number of fused-ring (bicyclic) bond motifs is 1. The highest BCUT2D eigenvalue weighted by atomic mass is 16.2. The summed E-state index contributed by atoms with van der Waals surface area (Å²) in [6, 6.07) is 0. The number of nitrogens with zero attached hydrogens (tertiary/aromatic N) is 3. The van der Waals surface area contributed by atoms with Crippen LogP contribution in [0.25, 0.3) is 0 Å². The van der Waals surface area contributed by atoms with Crippen LogP contribution in [0.5, 0.6) is 0 Å². The molecule has 0 saturated heterocycles. The van der Waals surface area contributed by atoms with Crippen LogP contribution in [-0.2, 0) is 4.79 Å². The van der Waals surface area contributed by atoms with E-state index in [1.54, 1.807) is 0 Å². The highest BCUT2D eigenvalue weighted by Gasteiger charge is 2.28. The number of nitrogen functional groups attached to an aromatic ring is 1. The van der Waals surface area contributed by atoms with Gasteiger partial charge in [-0.25, -0.2) is 9.97 Å². The van der Waals surface area contributed by atoms with Gasteiger partial charge in [-0.3, -0.25) is 4.79 Å². The average Bonchev–Trinajstić information content (AvgIpc) is 2.62. The van der Waals surface area contributed by atoms with Gasteiger partial charge in [0.15, 0.2) is 11.6 Å². The average molecular weight is 317 g/mol. The standard InChI is InChI=1S/C17H27N5O/c1-12-19-16(18)15-17(20-12)22(11-14(23)21-15)10-13-8-6-4-2-3-5-7-9-13/h13H,2-11H2,1H3,(H,21,23)(H2,18,19,20). The van der Waals surface area contributed by atoms with Gasteiger partial charge < -0.3 is 16.0 Å². The molecule has 1 aromatic rings. The van der Waals surface area contributed by atoms with E-state index in [-0.39, 0.29) is 5.91 Å². The molecule has 2 aliphatic rings. The van der Waals surface area contributed by atoms with Crippen LogP contribution >= 0.6 is 0 Å². The fourth-order valence-corrected chi connectivity index (χ4v) is 3.72. The minimum absolute atomic E-state index is 0.0280. The number of anilines is 3. The molecule has 0 radical (unpaired) electrons. The first-order chi connectivity index (χ1) is 11.1. The van der Waals surface area contributed by atoms with Crippen molar-refractivity contribution in [2.24, 2.45) is 5.92 Å². The van der Waals surface area contributed by atoms with Crippen LogP contribution in [0.15, 0.2) is 0 Å². The Hall–Kier alpha value is -1.85. The number of rotatable bonds is 2. The van der Waals surface area contributed by atoms with Crippen LogP contribution in [0.3, 0.4) is 0 Å². The molecule has 0 aromatic carbocycles. The van der Waals surface area contributed by atoms with Crippen LogP contribution in [0.1, 0.15) is 57.2 Å². The quantitative estimate of drug-likeness (QED) is 0.876. The van der Waals surface area contributed by atoms with Gasteiger partial charge in [-0.15, -0.1) is 0 Å². The summed E-state index contributed by atoms with van der Waals surface area (Å²) < 4.78 is 0. The summed E-state index contributed by atoms with van der Waals surface area (Å²) in [5.74, 6) is 2.40. The molecule has 6 nitrogen and oxygen atoms in total. The molecule has 0 unspecified atom stereocenters. The Morgan fingerprint density at radius 3 is 2.48 bits per heavy atom. The van der Waals surface area contributed by atoms with Gasteiger partial charge in [-0.2, -0.15) is 0 Å². The molecule has 0 spiro atoms. The third kappa shape index (κ3) is 3.92. The Labute approximate surface area is 137 Å². The highest BCUT2D eigenvalue weighted by molar-refractivity contribution is 6.02. The van der Waals surface area contributed by atoms with E-state index >= 15 is 0 Å². The number of carbonyl (C=O) groups excluding carboxylic acids is 1. The van der Waals surface area contributed by atoms with Crippen LogP contribution in [0.2, 0.25) is 0 Å². The molecule has 3 N–H and O–H groups in total. The number of aromatic nitrogens is 2. The Morgan fingerprint density at radius 1 is 1.13 bits per heavy atom. The van der Waals surface area contributed by atoms with Crippen LogP contribution in [0, 0.1) is 12.8 Å². The first-order valence-electron chi connectivity index (χ1n) is 8.82. The van der Waals surface area contributed by atoms with Gasteiger partial charge in [0.25, 0.3) is 0 Å². The molecular formula is C17H27N5O. The Bertz CT molecular complexity index is 564. The molecule has 1 aliphatic carbocycles. The zero-order valence-corrected chi connectivity index (χ0v) is 14.0. The highest BCUT2D eigenvalue weighted by Crippen LogP contribution is 2.33. The van der Waals surface area contributed by atoms with Crippen molar-refractivity contribution >= 4 is 23.2 Å². The Kier molecular flexibility index (Phi) is 4.98. The van der Waals surface area contributed by atoms with Crippen LogP contribution in [0.4, 0.5) is 17.3 Å². The lowest BCUT2D eigenvalue weighted by Gasteiger charge is -2.33. The van der Waals surface area contributed by atoms with E-state index < -0.39 is 0 Å². The molecule has 2 heterocycles. The Morgan fingerprint density at radius 2 is 1.78 bits per heavy atom. The topological polar surface area (TPSA) is 84.1 Å². The molecule has 1 aromatic heterocycles. The number of carbonyl (C=O) groups is 1. The van der Waals surface area contributed by atoms with E-state index in [0.29, 0.717) is 29.8 Å². The minimum atomic E-state index is -0.0280. The minimum Gasteiger partial charge on any atom is -0.382 e. The lowest BCUT2D eigenvalue weighted by molar-refractivity contribution is -0.115. The van der Waals surface area contributed by atoms with Gasteiger partial charge in [0.1, 0.15) is 11.5 Å². The van der Waals surface area contributed by atoms with Gasteiger partial charge in [0.2, 0.25) is 5.91 Å². The predicted molar refractivity (Wildman–Crippen MR) is 92.5 cm³/mol. The summed E-state index contributed by atoms with van der Waals surface area (Å²) in [5.41, 5.74) is 6.55. The monoisotopic (exact) mass is 317 g/mol. The predicted octanol–water partition coefficient (Wildman–Crippen LogP) is 2.88. The van der Waals surface area contributed by atoms with Gasteiger partial charge in [0.05, 0.1) is 6.54 Å². The molecule has 1 fully saturated rings. The zero-order chi connectivity index (χ0) is 16.2. The first-order valence-corrected chi connectivity index (χ1v) is 8.82. The third-order valence-electron chi connectivity index (χ3n) is 4.88. The van der Waals surface area contributed by atoms with Gasteiger partial charge in [-0.05, 0) is 25.7 Å². The first kappa shape index (κ1) is 16.0. The molecule has 126 valence electrons. The van der Waals surface area contributed by atoms with Crippen molar-refractivity contribution in [2.75, 3.05) is 29.0 Å². The van der Waals surface area contributed by atoms with Crippen LogP contribution in [-0.4, -0.2) is 29.0 Å². The number of amides is 1. The largest absolute Gasteiger partial charge is 0.382 e. The van der Waals surface area contributed by atoms with Crippen molar-refractivity contribution in [3.8, 4) is 0 Å². The Balaban J connectivity index is 1.78. The van der Waals surface area contributed by atoms with E-state index in [1.165, 1.54) is 51.4 Å². The number of hydrogen-bond donors (Lipinski definition) is 2. The van der Waals surface area contributed by atoms with Crippen LogP contribution < -0.4 is 16.0 Å². The van der Waals surface area contributed by atoms with E-state index in [0.717, 1.165) is 12.4 Å². The molecule has 6 heteroatoms. The number of aryl methyl sites for hydroxylation is 1. The fourth-order valence-electron chi connectivity index (χ4n) is 3.72. The van der Waals surface area contributed by atoms with Crippen molar-refractivity contribution in [3.05, 3.63) is 5.82 Å². The number of nitrogens with one attached hydrogen (secondary N) is 1. The summed E-state index contributed by atoms with van der Waals surface area (Å²) in [5, 5.41) is 2.82. The maximum absolute atomic E-state index is 12.0. The van der Waals surface area contributed by atoms with Crippen molar-refractivity contribution < 1.29 is 4.79 Å². The molecule has 23 heavy (non-hydrogen) atoms. The molecule has 3 rings (SSSR count). The van der Waals surface area contributed by atoms with Gasteiger partial charge in [0, 0.05) is 6.54 Å². The molecular weight excluding hydrogens is 290 g/mol. The summed E-state index contributed by atoms with van der Waals surface area (Å²) in [4.78, 5) is 22.8. The van der Waals surface area contributed by atoms with Crippen molar-refractivity contribution in [1.82, 2.24) is 9.97 Å². The third-order valence-corrected chi connectivity index (χ3v) is 4.88. The second kappa shape index (κ2) is 7.15. The second-order valence-electron chi connectivity index (χ2n) is 6.85. The lowest BCUT2D eigenvalue weighted by Crippen LogP contribution is -2.42. The SMILES string of the molecule is Cc1nc(N)c2c(n1)N(CC1CCCCCCCC1)CC(=O)N2. The number of nitrogens with two attached hydrogens (primary N) is 1. The molecule has 0 bridgehead atoms. The molecule has 1 aliphatic heterocycles. The lowest BCUT2D eigenvalue weighted by atomic mass is 9.96. The number of hydrogen-bond acceptors (Lipinski definition) is 5. The van der Waals surface area contributed by atoms with E-state index in [4.69, 9.17) is 5.73 Å². The van der Waals surface area contributed by atoms with Crippen molar-refractivity contribution in [3.63, 3.8) is 0 Å². The van der Waals surface area contributed by atoms with Gasteiger partial charge >= 0.3 is 0 Å². The maximum Gasteiger partial charge on any atom is 0.244 e. The van der Waals surface area contributed by atoms with Crippen molar-refractivity contribution in [1.29, 1.82) is 0 Å². The zero-order valence-electron chi connectivity index (χ0n) is 14.0. The summed E-state index contributed by atoms with van der Waals surface area (Å²) in [7, 11) is 0. The smallest absolute Gasteiger partial charge is 0.244 e. The maximum atomic E-state index is 12.0. The van der Waals surface area contributed by atoms with E-state index in [2.05, 4.69) is 20.2 Å². The fraction of sp³-hybridized carbons (Fsp3) is 0.706. The molecule has 1 saturated carbocycles. The summed E-state index contributed by atoms with van der Waals surface area (Å²) in [6.45, 7) is 3.08. The van der Waals surface area contributed by atoms with Gasteiger partial charge in [-0.1, -0.05) is 38.5 Å². The van der Waals surface area contributed by atoms with Crippen molar-refractivity contribution in [2.45, 2.75) is 58.3 Å². The summed E-state index contributed by atoms with van der Waals surface area (Å²) >= 11 is 0. The summed E-state index contributed by atoms with van der Waals surface area (Å²) in [6.07, 6.45) is 10.5. The molecule has 1 amide bonds. The second-order valence-corrected chi connectivity index (χ2v) is 6.85. The van der Waals surface area contributed by atoms with E-state index in [9.17, 15) is 4.79 Å².